The van der Waals surface area contributed by atoms with E-state index < -0.39 is 10.0 Å². The molecular weight excluding hydrogens is 304 g/mol. The lowest BCUT2D eigenvalue weighted by atomic mass is 9.97. The zero-order chi connectivity index (χ0) is 15.6. The largest absolute Gasteiger partial charge is 0.355 e. The number of sulfonamides is 1. The number of pyridine rings is 1. The SMILES string of the molecule is NS(=O)(=O)c1cccnc1N1CCC(Cn2ccnn2)CC1. The third-order valence-electron chi connectivity index (χ3n) is 3.89. The highest BCUT2D eigenvalue weighted by atomic mass is 32.2. The first-order valence-corrected chi connectivity index (χ1v) is 8.65. The van der Waals surface area contributed by atoms with Crippen LogP contribution >= 0.6 is 0 Å². The third kappa shape index (κ3) is 3.25. The lowest BCUT2D eigenvalue weighted by Gasteiger charge is -2.33. The van der Waals surface area contributed by atoms with Crippen molar-refractivity contribution in [3.05, 3.63) is 30.7 Å². The van der Waals surface area contributed by atoms with Gasteiger partial charge in [-0.2, -0.15) is 0 Å². The third-order valence-corrected chi connectivity index (χ3v) is 4.82. The summed E-state index contributed by atoms with van der Waals surface area (Å²) < 4.78 is 25.2. The lowest BCUT2D eigenvalue weighted by Crippen LogP contribution is -2.36. The lowest BCUT2D eigenvalue weighted by molar-refractivity contribution is 0.337. The molecule has 1 aliphatic heterocycles. The van der Waals surface area contributed by atoms with Gasteiger partial charge in [0.05, 0.1) is 6.20 Å². The van der Waals surface area contributed by atoms with Crippen molar-refractivity contribution in [2.24, 2.45) is 11.1 Å². The predicted octanol–water partition coefficient (Wildman–Crippen LogP) is 0.237. The zero-order valence-electron chi connectivity index (χ0n) is 12.0. The van der Waals surface area contributed by atoms with Gasteiger partial charge >= 0.3 is 0 Å². The van der Waals surface area contributed by atoms with Crippen LogP contribution in [-0.2, 0) is 16.6 Å². The number of anilines is 1. The van der Waals surface area contributed by atoms with Crippen LogP contribution in [0.25, 0.3) is 0 Å². The van der Waals surface area contributed by atoms with E-state index in [1.54, 1.807) is 18.5 Å². The molecule has 0 aromatic carbocycles. The van der Waals surface area contributed by atoms with Gasteiger partial charge in [-0.05, 0) is 30.9 Å². The summed E-state index contributed by atoms with van der Waals surface area (Å²) in [5.74, 6) is 0.948. The minimum atomic E-state index is -3.76. The van der Waals surface area contributed by atoms with Gasteiger partial charge in [0.15, 0.2) is 0 Å². The van der Waals surface area contributed by atoms with Crippen LogP contribution in [-0.4, -0.2) is 41.5 Å². The molecule has 1 aliphatic rings. The molecule has 3 rings (SSSR count). The average Bonchev–Trinajstić information content (AvgIpc) is 3.00. The molecule has 0 radical (unpaired) electrons. The number of aromatic nitrogens is 4. The maximum atomic E-state index is 11.7. The molecule has 1 saturated heterocycles. The average molecular weight is 322 g/mol. The summed E-state index contributed by atoms with van der Waals surface area (Å²) >= 11 is 0. The van der Waals surface area contributed by atoms with Crippen molar-refractivity contribution in [3.63, 3.8) is 0 Å². The Hall–Kier alpha value is -2.00. The number of rotatable bonds is 4. The van der Waals surface area contributed by atoms with E-state index >= 15 is 0 Å². The number of piperidine rings is 1. The van der Waals surface area contributed by atoms with Gasteiger partial charge in [0.1, 0.15) is 10.7 Å². The molecule has 0 saturated carbocycles. The predicted molar refractivity (Wildman–Crippen MR) is 80.6 cm³/mol. The summed E-state index contributed by atoms with van der Waals surface area (Å²) in [6.45, 7) is 2.33. The number of hydrogen-bond donors (Lipinski definition) is 1. The smallest absolute Gasteiger partial charge is 0.241 e. The molecule has 0 atom stereocenters. The highest BCUT2D eigenvalue weighted by molar-refractivity contribution is 7.89. The first-order chi connectivity index (χ1) is 10.5. The molecule has 3 heterocycles. The highest BCUT2D eigenvalue weighted by Crippen LogP contribution is 2.27. The van der Waals surface area contributed by atoms with Crippen molar-refractivity contribution in [3.8, 4) is 0 Å². The Morgan fingerprint density at radius 1 is 1.27 bits per heavy atom. The molecule has 1 fully saturated rings. The molecule has 0 bridgehead atoms. The minimum absolute atomic E-state index is 0.0877. The van der Waals surface area contributed by atoms with Gasteiger partial charge in [0.25, 0.3) is 0 Å². The van der Waals surface area contributed by atoms with Crippen molar-refractivity contribution in [1.82, 2.24) is 20.0 Å². The molecule has 0 amide bonds. The van der Waals surface area contributed by atoms with Crippen LogP contribution in [0.2, 0.25) is 0 Å². The van der Waals surface area contributed by atoms with Crippen LogP contribution in [0.5, 0.6) is 0 Å². The molecule has 8 nitrogen and oxygen atoms in total. The van der Waals surface area contributed by atoms with E-state index in [0.717, 1.165) is 32.5 Å². The van der Waals surface area contributed by atoms with E-state index in [2.05, 4.69) is 15.3 Å². The highest BCUT2D eigenvalue weighted by Gasteiger charge is 2.25. The second kappa shape index (κ2) is 6.01. The Morgan fingerprint density at radius 3 is 2.68 bits per heavy atom. The summed E-state index contributed by atoms with van der Waals surface area (Å²) in [5.41, 5.74) is 0. The Labute approximate surface area is 129 Å². The molecule has 22 heavy (non-hydrogen) atoms. The second-order valence-electron chi connectivity index (χ2n) is 5.43. The van der Waals surface area contributed by atoms with Gasteiger partial charge in [-0.1, -0.05) is 5.21 Å². The van der Waals surface area contributed by atoms with Crippen LogP contribution < -0.4 is 10.0 Å². The van der Waals surface area contributed by atoms with Gasteiger partial charge in [-0.15, -0.1) is 5.10 Å². The van der Waals surface area contributed by atoms with Gasteiger partial charge in [-0.25, -0.2) is 18.5 Å². The fourth-order valence-corrected chi connectivity index (χ4v) is 3.47. The van der Waals surface area contributed by atoms with Crippen LogP contribution in [0.1, 0.15) is 12.8 Å². The topological polar surface area (TPSA) is 107 Å². The quantitative estimate of drug-likeness (QED) is 0.864. The van der Waals surface area contributed by atoms with E-state index in [1.165, 1.54) is 6.07 Å². The number of nitrogens with two attached hydrogens (primary N) is 1. The molecule has 9 heteroatoms. The van der Waals surface area contributed by atoms with Crippen molar-refractivity contribution in [2.45, 2.75) is 24.3 Å². The van der Waals surface area contributed by atoms with Crippen molar-refractivity contribution in [2.75, 3.05) is 18.0 Å². The van der Waals surface area contributed by atoms with E-state index in [0.29, 0.717) is 11.7 Å². The molecule has 2 aromatic rings. The van der Waals surface area contributed by atoms with E-state index in [9.17, 15) is 8.42 Å². The molecule has 2 aromatic heterocycles. The number of primary sulfonamides is 1. The Kier molecular flexibility index (Phi) is 4.08. The van der Waals surface area contributed by atoms with Gasteiger partial charge in [0, 0.05) is 32.0 Å². The first kappa shape index (κ1) is 14.9. The van der Waals surface area contributed by atoms with Crippen LogP contribution in [0.15, 0.2) is 35.6 Å². The van der Waals surface area contributed by atoms with E-state index in [-0.39, 0.29) is 4.90 Å². The fourth-order valence-electron chi connectivity index (χ4n) is 2.76. The Balaban J connectivity index is 1.69. The monoisotopic (exact) mass is 322 g/mol. The van der Waals surface area contributed by atoms with Crippen LogP contribution in [0.4, 0.5) is 5.82 Å². The van der Waals surface area contributed by atoms with Crippen molar-refractivity contribution in [1.29, 1.82) is 0 Å². The molecule has 2 N–H and O–H groups in total. The summed E-state index contributed by atoms with van der Waals surface area (Å²) in [7, 11) is -3.76. The van der Waals surface area contributed by atoms with Gasteiger partial charge in [0.2, 0.25) is 10.0 Å². The molecule has 0 spiro atoms. The van der Waals surface area contributed by atoms with Gasteiger partial charge in [-0.3, -0.25) is 4.68 Å². The molecule has 118 valence electrons. The van der Waals surface area contributed by atoms with E-state index in [1.807, 2.05) is 15.8 Å². The number of hydrogen-bond acceptors (Lipinski definition) is 6. The molecular formula is C13H18N6O2S. The number of nitrogens with zero attached hydrogens (tertiary/aromatic N) is 5. The van der Waals surface area contributed by atoms with Crippen molar-refractivity contribution >= 4 is 15.8 Å². The zero-order valence-corrected chi connectivity index (χ0v) is 12.9. The summed E-state index contributed by atoms with van der Waals surface area (Å²) in [6.07, 6.45) is 7.00. The van der Waals surface area contributed by atoms with Crippen LogP contribution in [0.3, 0.4) is 0 Å². The molecule has 0 unspecified atom stereocenters. The maximum absolute atomic E-state index is 11.7. The van der Waals surface area contributed by atoms with Gasteiger partial charge < -0.3 is 4.90 Å². The first-order valence-electron chi connectivity index (χ1n) is 7.11. The summed E-state index contributed by atoms with van der Waals surface area (Å²) in [4.78, 5) is 6.28. The molecule has 0 aliphatic carbocycles. The minimum Gasteiger partial charge on any atom is -0.355 e. The summed E-state index contributed by atoms with van der Waals surface area (Å²) in [6, 6.07) is 3.08. The maximum Gasteiger partial charge on any atom is 0.241 e. The van der Waals surface area contributed by atoms with Crippen LogP contribution in [0, 0.1) is 5.92 Å². The second-order valence-corrected chi connectivity index (χ2v) is 6.96. The summed E-state index contributed by atoms with van der Waals surface area (Å²) in [5, 5.41) is 13.0. The normalized spacial score (nSPS) is 16.9. The Bertz CT molecular complexity index is 723. The Morgan fingerprint density at radius 2 is 2.05 bits per heavy atom. The van der Waals surface area contributed by atoms with E-state index in [4.69, 9.17) is 5.14 Å². The standard InChI is InChI=1S/C13H18N6O2S/c14-22(20,21)12-2-1-5-15-13(12)18-7-3-11(4-8-18)10-19-9-6-16-17-19/h1-2,5-6,9,11H,3-4,7-8,10H2,(H2,14,20,21). The fraction of sp³-hybridized carbons (Fsp3) is 0.462. The van der Waals surface area contributed by atoms with Crippen molar-refractivity contribution < 1.29 is 8.42 Å².